The zero-order chi connectivity index (χ0) is 14.7. The first kappa shape index (κ1) is 14.8. The van der Waals surface area contributed by atoms with Gasteiger partial charge in [0, 0.05) is 45.0 Å². The van der Waals surface area contributed by atoms with Gasteiger partial charge in [0.15, 0.2) is 0 Å². The van der Waals surface area contributed by atoms with Gasteiger partial charge in [-0.25, -0.2) is 0 Å². The number of nitrogens with one attached hydrogen (secondary N) is 1. The van der Waals surface area contributed by atoms with Gasteiger partial charge in [0.25, 0.3) is 0 Å². The molecule has 0 spiro atoms. The zero-order valence-electron chi connectivity index (χ0n) is 13.0. The van der Waals surface area contributed by atoms with E-state index in [-0.39, 0.29) is 6.61 Å². The Morgan fingerprint density at radius 2 is 2.33 bits per heavy atom. The van der Waals surface area contributed by atoms with E-state index in [1.54, 1.807) is 0 Å². The van der Waals surface area contributed by atoms with Gasteiger partial charge < -0.3 is 15.3 Å². The Morgan fingerprint density at radius 3 is 3.10 bits per heavy atom. The number of aliphatic hydroxyl groups is 1. The Bertz CT molecular complexity index is 471. The highest BCUT2D eigenvalue weighted by molar-refractivity contribution is 5.58. The van der Waals surface area contributed by atoms with Crippen LogP contribution in [0.3, 0.4) is 0 Å². The number of nitrogens with zero attached hydrogens (tertiary/aromatic N) is 2. The third-order valence-electron chi connectivity index (χ3n) is 4.74. The number of benzene rings is 1. The van der Waals surface area contributed by atoms with E-state index in [9.17, 15) is 5.11 Å². The highest BCUT2D eigenvalue weighted by Gasteiger charge is 2.19. The summed E-state index contributed by atoms with van der Waals surface area (Å²) < 4.78 is 0. The van der Waals surface area contributed by atoms with Crippen LogP contribution in [0.5, 0.6) is 0 Å². The molecule has 2 N–H and O–H groups in total. The normalized spacial score (nSPS) is 21.3. The molecule has 1 fully saturated rings. The first-order valence-electron chi connectivity index (χ1n) is 8.16. The molecule has 0 saturated carbocycles. The summed E-state index contributed by atoms with van der Waals surface area (Å²) in [7, 11) is 2.16. The second kappa shape index (κ2) is 6.77. The van der Waals surface area contributed by atoms with Crippen LogP contribution in [-0.4, -0.2) is 55.9 Å². The molecule has 0 aliphatic carbocycles. The van der Waals surface area contributed by atoms with Crippen LogP contribution in [0.2, 0.25) is 0 Å². The van der Waals surface area contributed by atoms with Crippen LogP contribution in [0.4, 0.5) is 5.69 Å². The van der Waals surface area contributed by atoms with Gasteiger partial charge in [0.1, 0.15) is 0 Å². The van der Waals surface area contributed by atoms with Gasteiger partial charge in [-0.05, 0) is 43.0 Å². The van der Waals surface area contributed by atoms with Crippen molar-refractivity contribution in [3.05, 3.63) is 29.3 Å². The summed E-state index contributed by atoms with van der Waals surface area (Å²) in [5, 5.41) is 12.9. The van der Waals surface area contributed by atoms with Crippen LogP contribution in [0.15, 0.2) is 18.2 Å². The first-order valence-corrected chi connectivity index (χ1v) is 8.16. The average molecular weight is 289 g/mol. The van der Waals surface area contributed by atoms with Gasteiger partial charge in [-0.1, -0.05) is 12.1 Å². The van der Waals surface area contributed by atoms with Crippen molar-refractivity contribution in [2.75, 3.05) is 44.7 Å². The van der Waals surface area contributed by atoms with Crippen LogP contribution < -0.4 is 10.2 Å². The smallest absolute Gasteiger partial charge is 0.0558 e. The Hall–Kier alpha value is -1.10. The van der Waals surface area contributed by atoms with Crippen molar-refractivity contribution in [1.82, 2.24) is 10.2 Å². The van der Waals surface area contributed by atoms with Crippen LogP contribution in [-0.2, 0) is 13.0 Å². The van der Waals surface area contributed by atoms with Crippen molar-refractivity contribution < 1.29 is 5.11 Å². The number of likely N-dealkylation sites (N-methyl/N-ethyl adjacent to an activating group) is 1. The minimum atomic E-state index is 0.237. The fourth-order valence-electron chi connectivity index (χ4n) is 3.58. The molecule has 2 aliphatic rings. The molecule has 21 heavy (non-hydrogen) atoms. The summed E-state index contributed by atoms with van der Waals surface area (Å²) in [6.45, 7) is 5.25. The molecule has 116 valence electrons. The highest BCUT2D eigenvalue weighted by Crippen LogP contribution is 2.27. The van der Waals surface area contributed by atoms with Crippen LogP contribution in [0.1, 0.15) is 24.0 Å². The quantitative estimate of drug-likeness (QED) is 0.826. The van der Waals surface area contributed by atoms with Crippen molar-refractivity contribution in [3.63, 3.8) is 0 Å². The van der Waals surface area contributed by atoms with E-state index < -0.39 is 0 Å². The van der Waals surface area contributed by atoms with Crippen molar-refractivity contribution >= 4 is 5.69 Å². The third kappa shape index (κ3) is 3.57. The summed E-state index contributed by atoms with van der Waals surface area (Å²) in [6, 6.07) is 7.44. The predicted molar refractivity (Wildman–Crippen MR) is 86.8 cm³/mol. The van der Waals surface area contributed by atoms with Gasteiger partial charge >= 0.3 is 0 Å². The topological polar surface area (TPSA) is 38.7 Å². The fourth-order valence-corrected chi connectivity index (χ4v) is 3.58. The summed E-state index contributed by atoms with van der Waals surface area (Å²) in [5.74, 6) is 0. The SMILES string of the molecule is CN1CCc2cc(CN(CCO)CC3CCCN3)ccc21. The summed E-state index contributed by atoms with van der Waals surface area (Å²) in [4.78, 5) is 4.70. The third-order valence-corrected chi connectivity index (χ3v) is 4.74. The molecule has 1 aromatic carbocycles. The Morgan fingerprint density at radius 1 is 1.43 bits per heavy atom. The number of hydrogen-bond acceptors (Lipinski definition) is 4. The van der Waals surface area contributed by atoms with Gasteiger partial charge in [-0.3, -0.25) is 4.90 Å². The average Bonchev–Trinajstić information content (AvgIpc) is 3.10. The molecule has 0 amide bonds. The Kier molecular flexibility index (Phi) is 4.78. The Balaban J connectivity index is 1.64. The highest BCUT2D eigenvalue weighted by atomic mass is 16.3. The van der Waals surface area contributed by atoms with Gasteiger partial charge in [-0.15, -0.1) is 0 Å². The molecular formula is C17H27N3O. The number of hydrogen-bond donors (Lipinski definition) is 2. The molecule has 4 nitrogen and oxygen atoms in total. The monoisotopic (exact) mass is 289 g/mol. The van der Waals surface area contributed by atoms with E-state index in [1.807, 2.05) is 0 Å². The first-order chi connectivity index (χ1) is 10.3. The second-order valence-corrected chi connectivity index (χ2v) is 6.39. The van der Waals surface area contributed by atoms with Crippen molar-refractivity contribution in [2.45, 2.75) is 31.8 Å². The van der Waals surface area contributed by atoms with Crippen molar-refractivity contribution in [3.8, 4) is 0 Å². The number of rotatable bonds is 6. The second-order valence-electron chi connectivity index (χ2n) is 6.39. The molecule has 0 radical (unpaired) electrons. The maximum Gasteiger partial charge on any atom is 0.0558 e. The lowest BCUT2D eigenvalue weighted by molar-refractivity contribution is 0.179. The van der Waals surface area contributed by atoms with Gasteiger partial charge in [-0.2, -0.15) is 0 Å². The molecule has 3 rings (SSSR count). The van der Waals surface area contributed by atoms with Gasteiger partial charge in [0.2, 0.25) is 0 Å². The molecule has 1 aromatic rings. The molecule has 1 unspecified atom stereocenters. The number of anilines is 1. The number of fused-ring (bicyclic) bond motifs is 1. The molecule has 2 aliphatic heterocycles. The fraction of sp³-hybridized carbons (Fsp3) is 0.647. The molecular weight excluding hydrogens is 262 g/mol. The summed E-state index contributed by atoms with van der Waals surface area (Å²) in [6.07, 6.45) is 3.70. The number of aliphatic hydroxyl groups excluding tert-OH is 1. The van der Waals surface area contributed by atoms with Crippen LogP contribution in [0.25, 0.3) is 0 Å². The van der Waals surface area contributed by atoms with Crippen LogP contribution in [0, 0.1) is 0 Å². The summed E-state index contributed by atoms with van der Waals surface area (Å²) in [5.41, 5.74) is 4.22. The maximum absolute atomic E-state index is 9.31. The molecule has 2 heterocycles. The standard InChI is InChI=1S/C17H27N3O/c1-19-8-6-15-11-14(4-5-17(15)19)12-20(9-10-21)13-16-3-2-7-18-16/h4-5,11,16,18,21H,2-3,6-10,12-13H2,1H3. The minimum Gasteiger partial charge on any atom is -0.395 e. The zero-order valence-corrected chi connectivity index (χ0v) is 13.0. The largest absolute Gasteiger partial charge is 0.395 e. The molecule has 4 heteroatoms. The van der Waals surface area contributed by atoms with Crippen molar-refractivity contribution in [2.24, 2.45) is 0 Å². The molecule has 0 aromatic heterocycles. The van der Waals surface area contributed by atoms with Crippen molar-refractivity contribution in [1.29, 1.82) is 0 Å². The van der Waals surface area contributed by atoms with E-state index in [1.165, 1.54) is 29.7 Å². The van der Waals surface area contributed by atoms with E-state index in [0.717, 1.165) is 39.1 Å². The molecule has 1 atom stereocenters. The lowest BCUT2D eigenvalue weighted by atomic mass is 10.1. The van der Waals surface area contributed by atoms with E-state index in [0.29, 0.717) is 6.04 Å². The maximum atomic E-state index is 9.31. The molecule has 0 bridgehead atoms. The van der Waals surface area contributed by atoms with E-state index in [2.05, 4.69) is 40.4 Å². The van der Waals surface area contributed by atoms with Crippen LogP contribution >= 0.6 is 0 Å². The lowest BCUT2D eigenvalue weighted by Crippen LogP contribution is -2.38. The van der Waals surface area contributed by atoms with E-state index in [4.69, 9.17) is 0 Å². The molecule has 1 saturated heterocycles. The Labute approximate surface area is 127 Å². The lowest BCUT2D eigenvalue weighted by Gasteiger charge is -2.25. The predicted octanol–water partition coefficient (Wildman–Crippen LogP) is 1.23. The van der Waals surface area contributed by atoms with E-state index >= 15 is 0 Å². The minimum absolute atomic E-state index is 0.237. The summed E-state index contributed by atoms with van der Waals surface area (Å²) >= 11 is 0. The van der Waals surface area contributed by atoms with Gasteiger partial charge in [0.05, 0.1) is 6.61 Å².